The van der Waals surface area contributed by atoms with Crippen LogP contribution in [-0.2, 0) is 16.1 Å². The number of anilines is 2. The van der Waals surface area contributed by atoms with E-state index >= 15 is 0 Å². The Balaban J connectivity index is 1.94. The van der Waals surface area contributed by atoms with Gasteiger partial charge >= 0.3 is 0 Å². The smallest absolute Gasteiger partial charge is 0.250 e. The normalized spacial score (nSPS) is 10.2. The molecule has 110 valence electrons. The molecule has 0 fully saturated rings. The van der Waals surface area contributed by atoms with E-state index in [-0.39, 0.29) is 12.5 Å². The zero-order valence-corrected chi connectivity index (χ0v) is 13.3. The van der Waals surface area contributed by atoms with Crippen LogP contribution in [0.4, 0.5) is 11.4 Å². The predicted octanol–water partition coefficient (Wildman–Crippen LogP) is 3.65. The third-order valence-corrected chi connectivity index (χ3v) is 3.36. The highest BCUT2D eigenvalue weighted by atomic mass is 79.9. The van der Waals surface area contributed by atoms with Crippen molar-refractivity contribution >= 4 is 33.2 Å². The predicted molar refractivity (Wildman–Crippen MR) is 88.4 cm³/mol. The van der Waals surface area contributed by atoms with Gasteiger partial charge in [-0.05, 0) is 35.9 Å². The molecule has 0 radical (unpaired) electrons. The number of hydrogen-bond donors (Lipinski definition) is 2. The van der Waals surface area contributed by atoms with Crippen molar-refractivity contribution in [3.63, 3.8) is 0 Å². The summed E-state index contributed by atoms with van der Waals surface area (Å²) in [5, 5.41) is 6.11. The highest BCUT2D eigenvalue weighted by Crippen LogP contribution is 2.17. The maximum atomic E-state index is 11.5. The fraction of sp³-hybridized carbons (Fsp3) is 0.188. The van der Waals surface area contributed by atoms with Crippen molar-refractivity contribution in [3.05, 3.63) is 58.6 Å². The first-order chi connectivity index (χ1) is 10.2. The first-order valence-electron chi connectivity index (χ1n) is 6.54. The maximum absolute atomic E-state index is 11.5. The van der Waals surface area contributed by atoms with Gasteiger partial charge < -0.3 is 15.4 Å². The summed E-state index contributed by atoms with van der Waals surface area (Å²) in [6, 6.07) is 15.7. The third-order valence-electron chi connectivity index (χ3n) is 2.83. The summed E-state index contributed by atoms with van der Waals surface area (Å²) < 4.78 is 5.85. The summed E-state index contributed by atoms with van der Waals surface area (Å²) in [5.41, 5.74) is 2.89. The average Bonchev–Trinajstić information content (AvgIpc) is 2.47. The molecule has 0 bridgehead atoms. The van der Waals surface area contributed by atoms with E-state index in [1.165, 1.54) is 12.7 Å². The molecule has 0 saturated carbocycles. The van der Waals surface area contributed by atoms with Crippen LogP contribution in [0.5, 0.6) is 0 Å². The summed E-state index contributed by atoms with van der Waals surface area (Å²) in [4.78, 5) is 11.5. The summed E-state index contributed by atoms with van der Waals surface area (Å²) >= 11 is 3.42. The Labute approximate surface area is 132 Å². The van der Waals surface area contributed by atoms with Gasteiger partial charge in [-0.1, -0.05) is 34.1 Å². The van der Waals surface area contributed by atoms with Crippen molar-refractivity contribution < 1.29 is 9.53 Å². The standard InChI is InChI=1S/C16H17BrN2O2/c1-21-11-16(20)19-15-4-2-3-14(9-15)18-10-12-5-7-13(17)8-6-12/h2-9,18H,10-11H2,1H3,(H,19,20). The molecule has 0 aliphatic carbocycles. The highest BCUT2D eigenvalue weighted by Gasteiger charge is 2.02. The number of halogens is 1. The number of benzene rings is 2. The van der Waals surface area contributed by atoms with Gasteiger partial charge in [0, 0.05) is 29.5 Å². The second-order valence-corrected chi connectivity index (χ2v) is 5.46. The Morgan fingerprint density at radius 3 is 2.57 bits per heavy atom. The SMILES string of the molecule is COCC(=O)Nc1cccc(NCc2ccc(Br)cc2)c1. The Kier molecular flexibility index (Phi) is 5.78. The summed E-state index contributed by atoms with van der Waals surface area (Å²) in [7, 11) is 1.50. The van der Waals surface area contributed by atoms with Crippen molar-refractivity contribution in [3.8, 4) is 0 Å². The first-order valence-corrected chi connectivity index (χ1v) is 7.34. The number of nitrogens with one attached hydrogen (secondary N) is 2. The van der Waals surface area contributed by atoms with Crippen LogP contribution in [0.1, 0.15) is 5.56 Å². The van der Waals surface area contributed by atoms with Gasteiger partial charge in [0.2, 0.25) is 5.91 Å². The molecule has 0 saturated heterocycles. The maximum Gasteiger partial charge on any atom is 0.250 e. The van der Waals surface area contributed by atoms with Crippen LogP contribution in [0, 0.1) is 0 Å². The minimum Gasteiger partial charge on any atom is -0.381 e. The van der Waals surface area contributed by atoms with E-state index in [0.29, 0.717) is 0 Å². The Hall–Kier alpha value is -1.85. The van der Waals surface area contributed by atoms with Crippen LogP contribution in [0.2, 0.25) is 0 Å². The van der Waals surface area contributed by atoms with E-state index in [2.05, 4.69) is 38.7 Å². The molecular weight excluding hydrogens is 332 g/mol. The van der Waals surface area contributed by atoms with E-state index in [0.717, 1.165) is 22.4 Å². The molecule has 2 rings (SSSR count). The van der Waals surface area contributed by atoms with E-state index in [1.807, 2.05) is 36.4 Å². The van der Waals surface area contributed by atoms with E-state index in [4.69, 9.17) is 4.74 Å². The summed E-state index contributed by atoms with van der Waals surface area (Å²) in [6.45, 7) is 0.777. The zero-order chi connectivity index (χ0) is 15.1. The molecule has 0 aromatic heterocycles. The number of carbonyl (C=O) groups excluding carboxylic acids is 1. The Morgan fingerprint density at radius 1 is 1.14 bits per heavy atom. The second-order valence-electron chi connectivity index (χ2n) is 4.54. The lowest BCUT2D eigenvalue weighted by Gasteiger charge is -2.09. The van der Waals surface area contributed by atoms with Gasteiger partial charge in [0.1, 0.15) is 6.61 Å². The van der Waals surface area contributed by atoms with Crippen molar-refractivity contribution in [2.24, 2.45) is 0 Å². The number of ether oxygens (including phenoxy) is 1. The van der Waals surface area contributed by atoms with Crippen molar-refractivity contribution in [2.75, 3.05) is 24.4 Å². The molecule has 0 aliphatic rings. The number of carbonyl (C=O) groups is 1. The van der Waals surface area contributed by atoms with Gasteiger partial charge in [-0.2, -0.15) is 0 Å². The van der Waals surface area contributed by atoms with Gasteiger partial charge in [0.15, 0.2) is 0 Å². The fourth-order valence-corrected chi connectivity index (χ4v) is 2.11. The molecule has 0 spiro atoms. The van der Waals surface area contributed by atoms with Crippen molar-refractivity contribution in [1.82, 2.24) is 0 Å². The van der Waals surface area contributed by atoms with E-state index < -0.39 is 0 Å². The quantitative estimate of drug-likeness (QED) is 0.837. The molecule has 2 aromatic carbocycles. The lowest BCUT2D eigenvalue weighted by molar-refractivity contribution is -0.119. The molecule has 1 amide bonds. The van der Waals surface area contributed by atoms with Crippen molar-refractivity contribution in [2.45, 2.75) is 6.54 Å². The molecular formula is C16H17BrN2O2. The van der Waals surface area contributed by atoms with Gasteiger partial charge in [-0.15, -0.1) is 0 Å². The van der Waals surface area contributed by atoms with Crippen LogP contribution in [-0.4, -0.2) is 19.6 Å². The van der Waals surface area contributed by atoms with Crippen LogP contribution in [0.3, 0.4) is 0 Å². The molecule has 0 atom stereocenters. The number of rotatable bonds is 6. The molecule has 4 nitrogen and oxygen atoms in total. The zero-order valence-electron chi connectivity index (χ0n) is 11.7. The Bertz CT molecular complexity index is 599. The lowest BCUT2D eigenvalue weighted by atomic mass is 10.2. The molecule has 0 aliphatic heterocycles. The van der Waals surface area contributed by atoms with Gasteiger partial charge in [0.05, 0.1) is 0 Å². The molecule has 2 N–H and O–H groups in total. The minimum atomic E-state index is -0.164. The van der Waals surface area contributed by atoms with Crippen LogP contribution < -0.4 is 10.6 Å². The fourth-order valence-electron chi connectivity index (χ4n) is 1.84. The molecule has 5 heteroatoms. The van der Waals surface area contributed by atoms with Crippen LogP contribution >= 0.6 is 15.9 Å². The van der Waals surface area contributed by atoms with Gasteiger partial charge in [0.25, 0.3) is 0 Å². The number of hydrogen-bond acceptors (Lipinski definition) is 3. The van der Waals surface area contributed by atoms with Gasteiger partial charge in [-0.3, -0.25) is 4.79 Å². The van der Waals surface area contributed by atoms with Crippen LogP contribution in [0.25, 0.3) is 0 Å². The third kappa shape index (κ3) is 5.21. The highest BCUT2D eigenvalue weighted by molar-refractivity contribution is 9.10. The summed E-state index contributed by atoms with van der Waals surface area (Å²) in [6.07, 6.45) is 0. The van der Waals surface area contributed by atoms with E-state index in [9.17, 15) is 4.79 Å². The largest absolute Gasteiger partial charge is 0.381 e. The Morgan fingerprint density at radius 2 is 1.86 bits per heavy atom. The molecule has 2 aromatic rings. The number of amides is 1. The molecule has 0 heterocycles. The lowest BCUT2D eigenvalue weighted by Crippen LogP contribution is -2.17. The second kappa shape index (κ2) is 7.81. The average molecular weight is 349 g/mol. The van der Waals surface area contributed by atoms with Crippen molar-refractivity contribution in [1.29, 1.82) is 0 Å². The molecule has 0 unspecified atom stereocenters. The topological polar surface area (TPSA) is 50.4 Å². The van der Waals surface area contributed by atoms with E-state index in [1.54, 1.807) is 0 Å². The minimum absolute atomic E-state index is 0.0521. The van der Waals surface area contributed by atoms with Gasteiger partial charge in [-0.25, -0.2) is 0 Å². The summed E-state index contributed by atoms with van der Waals surface area (Å²) in [5.74, 6) is -0.164. The molecule has 21 heavy (non-hydrogen) atoms. The number of methoxy groups -OCH3 is 1. The van der Waals surface area contributed by atoms with Crippen LogP contribution in [0.15, 0.2) is 53.0 Å². The first kappa shape index (κ1) is 15.5. The monoisotopic (exact) mass is 348 g/mol.